The normalized spacial score (nSPS) is 10.9. The molecule has 4 rings (SSSR count). The van der Waals surface area contributed by atoms with Crippen molar-refractivity contribution in [3.63, 3.8) is 0 Å². The molecule has 2 aromatic heterocycles. The molecule has 4 nitrogen and oxygen atoms in total. The van der Waals surface area contributed by atoms with Crippen LogP contribution in [0.4, 0.5) is 5.82 Å². The van der Waals surface area contributed by atoms with Crippen LogP contribution in [0.1, 0.15) is 0 Å². The molecular formula is C18H13N3O. The van der Waals surface area contributed by atoms with Crippen molar-refractivity contribution in [2.45, 2.75) is 0 Å². The van der Waals surface area contributed by atoms with Crippen LogP contribution in [0.15, 0.2) is 71.4 Å². The van der Waals surface area contributed by atoms with E-state index in [0.29, 0.717) is 11.4 Å². The van der Waals surface area contributed by atoms with Crippen LogP contribution < -0.4 is 5.73 Å². The second-order valence-corrected chi connectivity index (χ2v) is 4.97. The molecule has 0 bridgehead atoms. The van der Waals surface area contributed by atoms with Gasteiger partial charge >= 0.3 is 0 Å². The van der Waals surface area contributed by atoms with E-state index in [-0.39, 0.29) is 0 Å². The van der Waals surface area contributed by atoms with Crippen molar-refractivity contribution in [1.29, 1.82) is 0 Å². The van der Waals surface area contributed by atoms with Gasteiger partial charge in [-0.25, -0.2) is 9.97 Å². The number of hydrogen-bond donors (Lipinski definition) is 1. The van der Waals surface area contributed by atoms with Gasteiger partial charge in [0.15, 0.2) is 11.4 Å². The number of furan rings is 1. The summed E-state index contributed by atoms with van der Waals surface area (Å²) in [5.74, 6) is 1.11. The molecule has 0 fully saturated rings. The lowest BCUT2D eigenvalue weighted by atomic mass is 10.0. The minimum Gasteiger partial charge on any atom is -0.450 e. The highest BCUT2D eigenvalue weighted by Crippen LogP contribution is 2.40. The molecule has 0 aliphatic carbocycles. The van der Waals surface area contributed by atoms with Gasteiger partial charge < -0.3 is 10.2 Å². The molecule has 2 heterocycles. The molecular weight excluding hydrogens is 274 g/mol. The third-order valence-corrected chi connectivity index (χ3v) is 3.60. The maximum atomic E-state index is 6.02. The third-order valence-electron chi connectivity index (χ3n) is 3.60. The number of nitrogens with two attached hydrogens (primary N) is 1. The molecule has 0 atom stereocenters. The molecule has 2 N–H and O–H groups in total. The summed E-state index contributed by atoms with van der Waals surface area (Å²) in [6, 6.07) is 20.0. The Bertz CT molecular complexity index is 931. The Hall–Kier alpha value is -3.14. The molecule has 22 heavy (non-hydrogen) atoms. The largest absolute Gasteiger partial charge is 0.450 e. The number of hydrogen-bond acceptors (Lipinski definition) is 4. The molecule has 0 unspecified atom stereocenters. The number of anilines is 1. The number of benzene rings is 2. The Morgan fingerprint density at radius 1 is 0.773 bits per heavy atom. The number of aromatic nitrogens is 2. The fraction of sp³-hybridized carbons (Fsp3) is 0. The van der Waals surface area contributed by atoms with Crippen LogP contribution >= 0.6 is 0 Å². The van der Waals surface area contributed by atoms with E-state index in [9.17, 15) is 0 Å². The van der Waals surface area contributed by atoms with Crippen molar-refractivity contribution < 1.29 is 4.42 Å². The molecule has 106 valence electrons. The van der Waals surface area contributed by atoms with Gasteiger partial charge in [-0.15, -0.1) is 0 Å². The smallest absolute Gasteiger partial charge is 0.195 e. The Kier molecular flexibility index (Phi) is 2.86. The first-order valence-electron chi connectivity index (χ1n) is 6.98. The van der Waals surface area contributed by atoms with Crippen molar-refractivity contribution >= 4 is 16.9 Å². The summed E-state index contributed by atoms with van der Waals surface area (Å²) in [5.41, 5.74) is 10.2. The van der Waals surface area contributed by atoms with Crippen LogP contribution in [0.5, 0.6) is 0 Å². The number of nitrogens with zero attached hydrogens (tertiary/aromatic N) is 2. The minimum atomic E-state index is 0.351. The average molecular weight is 287 g/mol. The quantitative estimate of drug-likeness (QED) is 0.601. The summed E-state index contributed by atoms with van der Waals surface area (Å²) in [7, 11) is 0. The minimum absolute atomic E-state index is 0.351. The van der Waals surface area contributed by atoms with Crippen LogP contribution in [0.25, 0.3) is 33.6 Å². The highest BCUT2D eigenvalue weighted by Gasteiger charge is 2.20. The second kappa shape index (κ2) is 5.00. The van der Waals surface area contributed by atoms with Crippen molar-refractivity contribution in [3.8, 4) is 22.5 Å². The fourth-order valence-electron chi connectivity index (χ4n) is 2.59. The molecule has 0 saturated carbocycles. The SMILES string of the molecule is Nc1ncnc2c(-c3ccccc3)c(-c3ccccc3)oc12. The van der Waals surface area contributed by atoms with Crippen LogP contribution in [0, 0.1) is 0 Å². The molecule has 4 aromatic rings. The molecule has 0 spiro atoms. The van der Waals surface area contributed by atoms with Gasteiger partial charge in [-0.05, 0) is 5.56 Å². The Balaban J connectivity index is 2.10. The predicted octanol–water partition coefficient (Wildman–Crippen LogP) is 4.14. The lowest BCUT2D eigenvalue weighted by Gasteiger charge is -2.03. The summed E-state index contributed by atoms with van der Waals surface area (Å²) in [6.07, 6.45) is 1.47. The van der Waals surface area contributed by atoms with Crippen molar-refractivity contribution in [1.82, 2.24) is 9.97 Å². The average Bonchev–Trinajstić information content (AvgIpc) is 2.97. The van der Waals surface area contributed by atoms with E-state index in [1.165, 1.54) is 6.33 Å². The van der Waals surface area contributed by atoms with Gasteiger partial charge in [0.25, 0.3) is 0 Å². The summed E-state index contributed by atoms with van der Waals surface area (Å²) < 4.78 is 6.02. The van der Waals surface area contributed by atoms with E-state index in [2.05, 4.69) is 9.97 Å². The van der Waals surface area contributed by atoms with Crippen molar-refractivity contribution in [2.75, 3.05) is 5.73 Å². The number of rotatable bonds is 2. The molecule has 0 aliphatic rings. The molecule has 4 heteroatoms. The topological polar surface area (TPSA) is 64.9 Å². The Morgan fingerprint density at radius 3 is 2.09 bits per heavy atom. The lowest BCUT2D eigenvalue weighted by Crippen LogP contribution is -1.91. The first kappa shape index (κ1) is 12.6. The summed E-state index contributed by atoms with van der Waals surface area (Å²) in [4.78, 5) is 8.40. The predicted molar refractivity (Wildman–Crippen MR) is 87.1 cm³/mol. The van der Waals surface area contributed by atoms with Gasteiger partial charge in [-0.3, -0.25) is 0 Å². The molecule has 2 aromatic carbocycles. The van der Waals surface area contributed by atoms with E-state index in [0.717, 1.165) is 28.0 Å². The highest BCUT2D eigenvalue weighted by atomic mass is 16.3. The van der Waals surface area contributed by atoms with Gasteiger partial charge in [-0.1, -0.05) is 60.7 Å². The zero-order valence-corrected chi connectivity index (χ0v) is 11.7. The molecule has 0 radical (unpaired) electrons. The van der Waals surface area contributed by atoms with Gasteiger partial charge in [0.2, 0.25) is 0 Å². The standard InChI is InChI=1S/C18H13N3O/c19-18-17-15(20-11-21-18)14(12-7-3-1-4-8-12)16(22-17)13-9-5-2-6-10-13/h1-11H,(H2,19,20,21). The van der Waals surface area contributed by atoms with Gasteiger partial charge in [0, 0.05) is 5.56 Å². The third kappa shape index (κ3) is 1.93. The van der Waals surface area contributed by atoms with Crippen molar-refractivity contribution in [2.24, 2.45) is 0 Å². The van der Waals surface area contributed by atoms with Crippen LogP contribution in [0.3, 0.4) is 0 Å². The lowest BCUT2D eigenvalue weighted by molar-refractivity contribution is 0.631. The maximum Gasteiger partial charge on any atom is 0.195 e. The summed E-state index contributed by atoms with van der Waals surface area (Å²) in [6.45, 7) is 0. The second-order valence-electron chi connectivity index (χ2n) is 4.97. The van der Waals surface area contributed by atoms with E-state index in [1.807, 2.05) is 60.7 Å². The Labute approximate surface area is 127 Å². The molecule has 0 aliphatic heterocycles. The van der Waals surface area contributed by atoms with Crippen LogP contribution in [0.2, 0.25) is 0 Å². The monoisotopic (exact) mass is 287 g/mol. The van der Waals surface area contributed by atoms with Crippen molar-refractivity contribution in [3.05, 3.63) is 67.0 Å². The summed E-state index contributed by atoms with van der Waals surface area (Å²) >= 11 is 0. The first-order chi connectivity index (χ1) is 10.8. The van der Waals surface area contributed by atoms with Crippen LogP contribution in [-0.4, -0.2) is 9.97 Å². The maximum absolute atomic E-state index is 6.02. The molecule has 0 saturated heterocycles. The van der Waals surface area contributed by atoms with Gasteiger partial charge in [0.05, 0.1) is 5.56 Å². The number of nitrogen functional groups attached to an aromatic ring is 1. The number of fused-ring (bicyclic) bond motifs is 1. The van der Waals surface area contributed by atoms with Crippen LogP contribution in [-0.2, 0) is 0 Å². The Morgan fingerprint density at radius 2 is 1.41 bits per heavy atom. The highest BCUT2D eigenvalue weighted by molar-refractivity contribution is 6.02. The zero-order chi connectivity index (χ0) is 14.9. The van der Waals surface area contributed by atoms with Gasteiger partial charge in [-0.2, -0.15) is 0 Å². The fourth-order valence-corrected chi connectivity index (χ4v) is 2.59. The van der Waals surface area contributed by atoms with Gasteiger partial charge in [0.1, 0.15) is 17.6 Å². The van der Waals surface area contributed by atoms with E-state index in [1.54, 1.807) is 0 Å². The molecule has 0 amide bonds. The van der Waals surface area contributed by atoms with E-state index in [4.69, 9.17) is 10.2 Å². The van der Waals surface area contributed by atoms with E-state index >= 15 is 0 Å². The summed E-state index contributed by atoms with van der Waals surface area (Å²) in [5, 5.41) is 0. The zero-order valence-electron chi connectivity index (χ0n) is 11.7. The first-order valence-corrected chi connectivity index (χ1v) is 6.98. The van der Waals surface area contributed by atoms with E-state index < -0.39 is 0 Å².